The highest BCUT2D eigenvalue weighted by Crippen LogP contribution is 2.22. The Hall–Kier alpha value is -2.57. The molecule has 0 saturated carbocycles. The van der Waals surface area contributed by atoms with Gasteiger partial charge in [-0.05, 0) is 35.4 Å². The Kier molecular flexibility index (Phi) is 5.20. The van der Waals surface area contributed by atoms with Crippen molar-refractivity contribution in [3.05, 3.63) is 78.4 Å². The van der Waals surface area contributed by atoms with Crippen molar-refractivity contribution in [1.29, 1.82) is 0 Å². The number of allylic oxidation sites excluding steroid dienone is 2. The van der Waals surface area contributed by atoms with Gasteiger partial charge in [0.15, 0.2) is 0 Å². The van der Waals surface area contributed by atoms with Crippen LogP contribution in [0.15, 0.2) is 67.3 Å². The van der Waals surface area contributed by atoms with Gasteiger partial charge < -0.3 is 9.29 Å². The van der Waals surface area contributed by atoms with Crippen LogP contribution < -0.4 is 4.18 Å². The molecule has 6 heteroatoms. The molecule has 0 saturated heterocycles. The molecule has 0 amide bonds. The summed E-state index contributed by atoms with van der Waals surface area (Å²) in [6, 6.07) is 13.1. The molecule has 0 radical (unpaired) electrons. The van der Waals surface area contributed by atoms with E-state index in [1.165, 1.54) is 12.1 Å². The van der Waals surface area contributed by atoms with E-state index >= 15 is 0 Å². The Labute approximate surface area is 135 Å². The summed E-state index contributed by atoms with van der Waals surface area (Å²) in [7, 11) is -4.51. The molecule has 0 aliphatic rings. The summed E-state index contributed by atoms with van der Waals surface area (Å²) < 4.78 is 34.2. The van der Waals surface area contributed by atoms with Gasteiger partial charge in [-0.3, -0.25) is 4.55 Å². The van der Waals surface area contributed by atoms with Crippen LogP contribution in [0.1, 0.15) is 17.0 Å². The minimum Gasteiger partial charge on any atom is -0.508 e. The molecule has 0 aliphatic heterocycles. The quantitative estimate of drug-likeness (QED) is 0.624. The highest BCUT2D eigenvalue weighted by molar-refractivity contribution is 7.81. The van der Waals surface area contributed by atoms with Gasteiger partial charge in [0.25, 0.3) is 0 Å². The number of hydrogen-bond donors (Lipinski definition) is 2. The molecule has 23 heavy (non-hydrogen) atoms. The van der Waals surface area contributed by atoms with Crippen LogP contribution in [0.2, 0.25) is 0 Å². The molecular formula is C17H16O5S. The second kappa shape index (κ2) is 7.13. The zero-order valence-corrected chi connectivity index (χ0v) is 13.0. The van der Waals surface area contributed by atoms with Crippen molar-refractivity contribution in [3.63, 3.8) is 0 Å². The standard InChI is InChI=1S/C17H16O5S/c1-2-14(15-7-9-16(18)10-8-15)6-3-13-4-11-17(12-5-13)22-23(19,20)21/h2-12,14,18H,1H2,(H,19,20,21)/b6-3+. The summed E-state index contributed by atoms with van der Waals surface area (Å²) in [4.78, 5) is 0. The first-order chi connectivity index (χ1) is 10.9. The van der Waals surface area contributed by atoms with Crippen molar-refractivity contribution in [2.75, 3.05) is 0 Å². The van der Waals surface area contributed by atoms with E-state index in [4.69, 9.17) is 4.55 Å². The maximum atomic E-state index is 10.6. The smallest absolute Gasteiger partial charge is 0.446 e. The Morgan fingerprint density at radius 3 is 2.17 bits per heavy atom. The topological polar surface area (TPSA) is 83.8 Å². The molecular weight excluding hydrogens is 316 g/mol. The van der Waals surface area contributed by atoms with E-state index in [1.54, 1.807) is 30.3 Å². The highest BCUT2D eigenvalue weighted by atomic mass is 32.3. The Bertz CT molecular complexity index is 790. The first kappa shape index (κ1) is 16.8. The summed E-state index contributed by atoms with van der Waals surface area (Å²) in [6.07, 6.45) is 5.56. The predicted octanol–water partition coefficient (Wildman–Crippen LogP) is 3.56. The SMILES string of the molecule is C=CC(/C=C/c1ccc(OS(=O)(=O)O)cc1)c1ccc(O)cc1. The van der Waals surface area contributed by atoms with Crippen LogP contribution in [0.3, 0.4) is 0 Å². The van der Waals surface area contributed by atoms with Crippen molar-refractivity contribution in [2.24, 2.45) is 0 Å². The van der Waals surface area contributed by atoms with Crippen molar-refractivity contribution in [2.45, 2.75) is 5.92 Å². The van der Waals surface area contributed by atoms with Crippen LogP contribution in [0, 0.1) is 0 Å². The van der Waals surface area contributed by atoms with E-state index in [2.05, 4.69) is 10.8 Å². The molecule has 0 fully saturated rings. The summed E-state index contributed by atoms with van der Waals surface area (Å²) >= 11 is 0. The zero-order valence-electron chi connectivity index (χ0n) is 12.2. The summed E-state index contributed by atoms with van der Waals surface area (Å²) in [6.45, 7) is 3.80. The lowest BCUT2D eigenvalue weighted by Gasteiger charge is -2.08. The van der Waals surface area contributed by atoms with Gasteiger partial charge >= 0.3 is 10.4 Å². The molecule has 120 valence electrons. The van der Waals surface area contributed by atoms with Gasteiger partial charge in [-0.2, -0.15) is 8.42 Å². The molecule has 1 unspecified atom stereocenters. The average molecular weight is 332 g/mol. The summed E-state index contributed by atoms with van der Waals surface area (Å²) in [5.74, 6) is 0.211. The van der Waals surface area contributed by atoms with Crippen LogP contribution in [0.5, 0.6) is 11.5 Å². The summed E-state index contributed by atoms with van der Waals surface area (Å²) in [5, 5.41) is 9.31. The third-order valence-electron chi connectivity index (χ3n) is 3.11. The van der Waals surface area contributed by atoms with E-state index in [1.807, 2.05) is 24.3 Å². The molecule has 0 aromatic heterocycles. The van der Waals surface area contributed by atoms with Gasteiger partial charge in [0.05, 0.1) is 0 Å². The second-order valence-electron chi connectivity index (χ2n) is 4.79. The van der Waals surface area contributed by atoms with Gasteiger partial charge in [-0.25, -0.2) is 0 Å². The van der Waals surface area contributed by atoms with Gasteiger partial charge in [0.2, 0.25) is 0 Å². The Morgan fingerprint density at radius 1 is 1.04 bits per heavy atom. The zero-order chi connectivity index (χ0) is 16.9. The van der Waals surface area contributed by atoms with Crippen LogP contribution in [0.4, 0.5) is 0 Å². The normalized spacial score (nSPS) is 12.9. The molecule has 2 aromatic carbocycles. The van der Waals surface area contributed by atoms with Gasteiger partial charge in [-0.1, -0.05) is 42.5 Å². The minimum atomic E-state index is -4.51. The lowest BCUT2D eigenvalue weighted by molar-refractivity contribution is 0.387. The first-order valence-electron chi connectivity index (χ1n) is 6.74. The van der Waals surface area contributed by atoms with Crippen molar-refractivity contribution in [1.82, 2.24) is 0 Å². The number of phenols is 1. The van der Waals surface area contributed by atoms with E-state index in [9.17, 15) is 13.5 Å². The minimum absolute atomic E-state index is 0.0238. The van der Waals surface area contributed by atoms with E-state index in [-0.39, 0.29) is 17.4 Å². The monoisotopic (exact) mass is 332 g/mol. The highest BCUT2D eigenvalue weighted by Gasteiger charge is 2.06. The van der Waals surface area contributed by atoms with Gasteiger partial charge in [0.1, 0.15) is 11.5 Å². The molecule has 2 rings (SSSR count). The van der Waals surface area contributed by atoms with Gasteiger partial charge in [-0.15, -0.1) is 6.58 Å². The molecule has 2 N–H and O–H groups in total. The fourth-order valence-electron chi connectivity index (χ4n) is 1.99. The third kappa shape index (κ3) is 5.28. The number of rotatable bonds is 6. The number of phenolic OH excluding ortho intramolecular Hbond substituents is 1. The number of benzene rings is 2. The lowest BCUT2D eigenvalue weighted by atomic mass is 9.98. The Morgan fingerprint density at radius 2 is 1.65 bits per heavy atom. The molecule has 0 spiro atoms. The fourth-order valence-corrected chi connectivity index (χ4v) is 2.35. The maximum absolute atomic E-state index is 10.6. The van der Waals surface area contributed by atoms with Crippen molar-refractivity contribution >= 4 is 16.5 Å². The van der Waals surface area contributed by atoms with E-state index in [0.29, 0.717) is 0 Å². The van der Waals surface area contributed by atoms with Gasteiger partial charge in [0, 0.05) is 5.92 Å². The van der Waals surface area contributed by atoms with Crippen LogP contribution in [-0.2, 0) is 10.4 Å². The van der Waals surface area contributed by atoms with Crippen LogP contribution in [0.25, 0.3) is 6.08 Å². The fraction of sp³-hybridized carbons (Fsp3) is 0.0588. The summed E-state index contributed by atoms with van der Waals surface area (Å²) in [5.41, 5.74) is 1.82. The number of aromatic hydroxyl groups is 1. The Balaban J connectivity index is 2.11. The molecule has 0 bridgehead atoms. The van der Waals surface area contributed by atoms with Crippen LogP contribution in [-0.4, -0.2) is 18.1 Å². The number of hydrogen-bond acceptors (Lipinski definition) is 4. The van der Waals surface area contributed by atoms with E-state index in [0.717, 1.165) is 11.1 Å². The molecule has 5 nitrogen and oxygen atoms in total. The second-order valence-corrected chi connectivity index (χ2v) is 5.81. The third-order valence-corrected chi connectivity index (χ3v) is 3.51. The van der Waals surface area contributed by atoms with Crippen LogP contribution >= 0.6 is 0 Å². The maximum Gasteiger partial charge on any atom is 0.446 e. The van der Waals surface area contributed by atoms with Crippen molar-refractivity contribution in [3.8, 4) is 11.5 Å². The average Bonchev–Trinajstić information content (AvgIpc) is 2.49. The molecule has 0 heterocycles. The lowest BCUT2D eigenvalue weighted by Crippen LogP contribution is -2.06. The molecule has 0 aliphatic carbocycles. The first-order valence-corrected chi connectivity index (χ1v) is 8.10. The van der Waals surface area contributed by atoms with E-state index < -0.39 is 10.4 Å². The van der Waals surface area contributed by atoms with Crippen molar-refractivity contribution < 1.29 is 22.3 Å². The predicted molar refractivity (Wildman–Crippen MR) is 88.7 cm³/mol. The molecule has 1 atom stereocenters. The largest absolute Gasteiger partial charge is 0.508 e. The molecule has 2 aromatic rings.